The second-order valence-corrected chi connectivity index (χ2v) is 18.1. The van der Waals surface area contributed by atoms with Gasteiger partial charge in [0, 0.05) is 0 Å². The molecule has 0 spiro atoms. The van der Waals surface area contributed by atoms with Crippen LogP contribution in [0, 0.1) is 0 Å². The van der Waals surface area contributed by atoms with E-state index in [-0.39, 0.29) is 0 Å². The Morgan fingerprint density at radius 3 is 0.970 bits per heavy atom. The van der Waals surface area contributed by atoms with Gasteiger partial charge in [0.2, 0.25) is 0 Å². The summed E-state index contributed by atoms with van der Waals surface area (Å²) in [5, 5.41) is 0. The van der Waals surface area contributed by atoms with E-state index in [4.69, 9.17) is 0 Å². The minimum atomic E-state index is -1.81. The van der Waals surface area contributed by atoms with E-state index in [0.717, 1.165) is 0 Å². The molecule has 0 unspecified atom stereocenters. The summed E-state index contributed by atoms with van der Waals surface area (Å²) in [5.74, 6) is 2.02. The Morgan fingerprint density at radius 2 is 0.727 bits per heavy atom. The molecule has 0 atom stereocenters. The van der Waals surface area contributed by atoms with Gasteiger partial charge in [-0.1, -0.05) is 0 Å². The third kappa shape index (κ3) is 5.26. The van der Waals surface area contributed by atoms with Crippen LogP contribution in [0.2, 0.25) is 9.88 Å². The fourth-order valence-electron chi connectivity index (χ4n) is 5.23. The van der Waals surface area contributed by atoms with Gasteiger partial charge in [-0.2, -0.15) is 0 Å². The van der Waals surface area contributed by atoms with Crippen molar-refractivity contribution in [2.24, 2.45) is 0 Å². The van der Waals surface area contributed by atoms with Crippen molar-refractivity contribution in [2.75, 3.05) is 0 Å². The van der Waals surface area contributed by atoms with Gasteiger partial charge in [0.25, 0.3) is 0 Å². The minimum absolute atomic E-state index is 0.505. The number of rotatable bonds is 7. The zero-order valence-electron chi connectivity index (χ0n) is 22.5. The van der Waals surface area contributed by atoms with E-state index in [1.165, 1.54) is 44.5 Å². The van der Waals surface area contributed by atoms with Crippen molar-refractivity contribution in [1.29, 1.82) is 0 Å². The predicted molar refractivity (Wildman–Crippen MR) is 151 cm³/mol. The van der Waals surface area contributed by atoms with Crippen LogP contribution in [0.5, 0.6) is 0 Å². The molecular formula is C32H43Sn. The van der Waals surface area contributed by atoms with Gasteiger partial charge in [0.1, 0.15) is 0 Å². The first-order valence-electron chi connectivity index (χ1n) is 12.8. The zero-order chi connectivity index (χ0) is 24.4. The molecule has 175 valence electrons. The van der Waals surface area contributed by atoms with Crippen LogP contribution in [0.1, 0.15) is 101 Å². The molecule has 1 heteroatoms. The molecule has 0 aliphatic rings. The molecule has 0 saturated heterocycles. The van der Waals surface area contributed by atoms with Gasteiger partial charge >= 0.3 is 211 Å². The average Bonchev–Trinajstić information content (AvgIpc) is 2.77. The van der Waals surface area contributed by atoms with Crippen molar-refractivity contribution in [1.82, 2.24) is 0 Å². The van der Waals surface area contributed by atoms with Crippen LogP contribution in [-0.2, 0) is 0 Å². The van der Waals surface area contributed by atoms with Gasteiger partial charge < -0.3 is 0 Å². The van der Waals surface area contributed by atoms with Crippen molar-refractivity contribution in [3.63, 3.8) is 0 Å². The normalized spacial score (nSPS) is 12.1. The van der Waals surface area contributed by atoms with Gasteiger partial charge in [-0.15, -0.1) is 0 Å². The number of hydrogen-bond acceptors (Lipinski definition) is 0. The molecule has 0 N–H and O–H groups in total. The molecule has 0 amide bonds. The topological polar surface area (TPSA) is 0 Å². The summed E-state index contributed by atoms with van der Waals surface area (Å²) >= 11 is -1.81. The maximum absolute atomic E-state index is 2.56. The first-order valence-corrected chi connectivity index (χ1v) is 19.9. The third-order valence-electron chi connectivity index (χ3n) is 6.85. The van der Waals surface area contributed by atoms with Gasteiger partial charge in [0.05, 0.1) is 0 Å². The van der Waals surface area contributed by atoms with Crippen LogP contribution in [0.25, 0.3) is 22.3 Å². The predicted octanol–water partition coefficient (Wildman–Crippen LogP) is 9.48. The van der Waals surface area contributed by atoms with E-state index in [2.05, 4.69) is 120 Å². The molecule has 0 heterocycles. The Labute approximate surface area is 210 Å². The molecule has 0 nitrogen and oxygen atoms in total. The second-order valence-electron chi connectivity index (χ2n) is 11.0. The second kappa shape index (κ2) is 10.8. The molecule has 3 aromatic carbocycles. The van der Waals surface area contributed by atoms with Crippen LogP contribution in [-0.4, -0.2) is 19.8 Å². The molecule has 3 aromatic rings. The number of benzene rings is 3. The fraction of sp³-hybridized carbons (Fsp3) is 0.438. The van der Waals surface area contributed by atoms with Crippen molar-refractivity contribution in [3.05, 3.63) is 76.9 Å². The molecule has 33 heavy (non-hydrogen) atoms. The van der Waals surface area contributed by atoms with Gasteiger partial charge in [-0.05, 0) is 0 Å². The van der Waals surface area contributed by atoms with Crippen molar-refractivity contribution in [3.8, 4) is 22.3 Å². The number of hydrogen-bond donors (Lipinski definition) is 0. The van der Waals surface area contributed by atoms with Gasteiger partial charge in [-0.3, -0.25) is 0 Å². The molecular weight excluding hydrogens is 503 g/mol. The summed E-state index contributed by atoms with van der Waals surface area (Å²) in [6.07, 6.45) is 0. The molecule has 0 aromatic heterocycles. The van der Waals surface area contributed by atoms with E-state index >= 15 is 0 Å². The summed E-state index contributed by atoms with van der Waals surface area (Å²) in [4.78, 5) is 5.12. The Kier molecular flexibility index (Phi) is 8.54. The Hall–Kier alpha value is -1.54. The maximum atomic E-state index is 2.56. The van der Waals surface area contributed by atoms with Crippen LogP contribution in [0.15, 0.2) is 54.6 Å². The molecule has 0 fully saturated rings. The SMILES string of the molecule is CC(C)c1cccc(C(C)C)c1-c1cccc(-c2c(C(C)C)cccc2C(C)C)[c]1[Sn]([CH3])[CH3]. The van der Waals surface area contributed by atoms with E-state index < -0.39 is 19.8 Å². The zero-order valence-corrected chi connectivity index (χ0v) is 25.4. The first kappa shape index (κ1) is 26.1. The standard InChI is InChI=1S/C30H37.2CH3.Sn/c1-19(2)25-14-10-15-26(20(3)4)29(25)23-12-9-13-24(18-23)30-27(21(5)6)16-11-17-28(30)22(7)8;;;/h9-17,19-22H,1-8H3;2*1H3;. The summed E-state index contributed by atoms with van der Waals surface area (Å²) in [6.45, 7) is 18.7. The summed E-state index contributed by atoms with van der Waals surface area (Å²) in [5.41, 5.74) is 12.0. The molecule has 0 aliphatic heterocycles. The summed E-state index contributed by atoms with van der Waals surface area (Å²) in [6, 6.07) is 21.1. The van der Waals surface area contributed by atoms with Gasteiger partial charge in [-0.25, -0.2) is 0 Å². The van der Waals surface area contributed by atoms with Gasteiger partial charge in [0.15, 0.2) is 0 Å². The van der Waals surface area contributed by atoms with Crippen LogP contribution in [0.3, 0.4) is 0 Å². The quantitative estimate of drug-likeness (QED) is 0.259. The molecule has 0 bridgehead atoms. The average molecular weight is 546 g/mol. The van der Waals surface area contributed by atoms with E-state index in [9.17, 15) is 0 Å². The fourth-order valence-corrected chi connectivity index (χ4v) is 9.50. The van der Waals surface area contributed by atoms with Crippen molar-refractivity contribution >= 4 is 23.3 Å². The molecule has 0 aliphatic carbocycles. The van der Waals surface area contributed by atoms with E-state index in [1.54, 1.807) is 3.58 Å². The van der Waals surface area contributed by atoms with Crippen molar-refractivity contribution < 1.29 is 0 Å². The van der Waals surface area contributed by atoms with E-state index in [0.29, 0.717) is 23.7 Å². The summed E-state index contributed by atoms with van der Waals surface area (Å²) in [7, 11) is 0. The van der Waals surface area contributed by atoms with Crippen LogP contribution < -0.4 is 3.58 Å². The Bertz CT molecular complexity index is 965. The monoisotopic (exact) mass is 547 g/mol. The Morgan fingerprint density at radius 1 is 0.455 bits per heavy atom. The first-order chi connectivity index (χ1) is 15.6. The third-order valence-corrected chi connectivity index (χ3v) is 11.2. The van der Waals surface area contributed by atoms with Crippen LogP contribution in [0.4, 0.5) is 0 Å². The molecule has 0 saturated carbocycles. The van der Waals surface area contributed by atoms with Crippen LogP contribution >= 0.6 is 0 Å². The van der Waals surface area contributed by atoms with E-state index in [1.807, 2.05) is 0 Å². The summed E-state index contributed by atoms with van der Waals surface area (Å²) < 4.78 is 1.69. The molecule has 1 radical (unpaired) electrons. The van der Waals surface area contributed by atoms with Crippen molar-refractivity contribution in [2.45, 2.75) is 88.9 Å². The Balaban J connectivity index is 2.48. The molecule has 3 rings (SSSR count).